The Kier molecular flexibility index (Phi) is 13.6. The second kappa shape index (κ2) is 19.4. The van der Waals surface area contributed by atoms with Crippen molar-refractivity contribution in [3.63, 3.8) is 0 Å². The van der Waals surface area contributed by atoms with Crippen LogP contribution in [-0.4, -0.2) is 105 Å². The first-order valence-electron chi connectivity index (χ1n) is 18.6. The molecule has 0 radical (unpaired) electrons. The first-order valence-corrected chi connectivity index (χ1v) is 18.6. The van der Waals surface area contributed by atoms with Crippen molar-refractivity contribution in [3.8, 4) is 22.3 Å². The number of amides is 8. The van der Waals surface area contributed by atoms with Gasteiger partial charge in [0.25, 0.3) is 35.4 Å². The highest BCUT2D eigenvalue weighted by Gasteiger charge is 2.28. The van der Waals surface area contributed by atoms with Gasteiger partial charge in [0.15, 0.2) is 34.6 Å². The summed E-state index contributed by atoms with van der Waals surface area (Å²) in [6.07, 6.45) is 3.75. The minimum atomic E-state index is -1.44. The zero-order chi connectivity index (χ0) is 48.0. The van der Waals surface area contributed by atoms with Crippen LogP contribution in [0.1, 0.15) is 20.7 Å². The van der Waals surface area contributed by atoms with Gasteiger partial charge in [0.2, 0.25) is 11.8 Å². The number of anilines is 2. The third-order valence-electron chi connectivity index (χ3n) is 9.23. The standard InChI is InChI=1S/C42H28F4N8O12/c43-25-11-21(19-1-3-29(23(9-19)41(65)47-15-37(61)62)49-31(55)17-53-33(57)5-6-34(53)58)12-26(44)39(25)51-52-40-27(45)13-22(14-28(40)46)20-2-4-30(24(10-20)42(66)48-16-38(63)64)50-32(56)18-54-35(59)7-8-36(54)60/h1-14H,15-18H2,(H,47,65)(H,48,66)(H,49,55)(H,50,56)(H,61,62)(H,63,64). The van der Waals surface area contributed by atoms with E-state index in [1.165, 1.54) is 12.1 Å². The molecule has 20 nitrogen and oxygen atoms in total. The van der Waals surface area contributed by atoms with Gasteiger partial charge < -0.3 is 31.5 Å². The zero-order valence-electron chi connectivity index (χ0n) is 33.2. The molecule has 0 aromatic heterocycles. The van der Waals surface area contributed by atoms with Gasteiger partial charge in [0, 0.05) is 24.3 Å². The van der Waals surface area contributed by atoms with Gasteiger partial charge >= 0.3 is 11.9 Å². The number of hydrogen-bond donors (Lipinski definition) is 6. The molecule has 0 unspecified atom stereocenters. The fourth-order valence-electron chi connectivity index (χ4n) is 6.14. The van der Waals surface area contributed by atoms with Crippen molar-refractivity contribution in [1.82, 2.24) is 20.4 Å². The number of nitrogens with one attached hydrogen (secondary N) is 4. The van der Waals surface area contributed by atoms with Crippen molar-refractivity contribution in [2.45, 2.75) is 0 Å². The van der Waals surface area contributed by atoms with Gasteiger partial charge in [-0.25, -0.2) is 17.6 Å². The molecule has 0 saturated heterocycles. The third kappa shape index (κ3) is 10.7. The van der Waals surface area contributed by atoms with Crippen LogP contribution in [0.4, 0.5) is 40.3 Å². The minimum Gasteiger partial charge on any atom is -0.480 e. The number of carbonyl (C=O) groups is 10. The summed E-state index contributed by atoms with van der Waals surface area (Å²) in [5, 5.41) is 33.6. The molecule has 8 amide bonds. The van der Waals surface area contributed by atoms with Crippen LogP contribution in [0.2, 0.25) is 0 Å². The van der Waals surface area contributed by atoms with Crippen molar-refractivity contribution >= 4 is 81.9 Å². The monoisotopic (exact) mass is 912 g/mol. The van der Waals surface area contributed by atoms with E-state index in [2.05, 4.69) is 31.5 Å². The van der Waals surface area contributed by atoms with Gasteiger partial charge in [-0.15, -0.1) is 10.2 Å². The maximum Gasteiger partial charge on any atom is 0.322 e. The van der Waals surface area contributed by atoms with Crippen LogP contribution < -0.4 is 21.3 Å². The van der Waals surface area contributed by atoms with Crippen molar-refractivity contribution in [3.05, 3.63) is 119 Å². The number of halogens is 4. The van der Waals surface area contributed by atoms with Crippen molar-refractivity contribution in [2.24, 2.45) is 10.2 Å². The fraction of sp³-hybridized carbons (Fsp3) is 0.0952. The van der Waals surface area contributed by atoms with Crippen LogP contribution in [0.25, 0.3) is 22.3 Å². The van der Waals surface area contributed by atoms with E-state index in [0.29, 0.717) is 9.80 Å². The van der Waals surface area contributed by atoms with E-state index in [-0.39, 0.29) is 33.6 Å². The lowest BCUT2D eigenvalue weighted by Crippen LogP contribution is -2.38. The predicted molar refractivity (Wildman–Crippen MR) is 217 cm³/mol. The molecule has 6 rings (SSSR count). The minimum absolute atomic E-state index is 0.0675. The van der Waals surface area contributed by atoms with E-state index in [0.717, 1.165) is 72.8 Å². The average Bonchev–Trinajstić information content (AvgIpc) is 3.75. The first kappa shape index (κ1) is 46.3. The van der Waals surface area contributed by atoms with E-state index in [9.17, 15) is 47.9 Å². The Bertz CT molecular complexity index is 2640. The summed E-state index contributed by atoms with van der Waals surface area (Å²) in [6, 6.07) is 9.60. The van der Waals surface area contributed by atoms with Crippen molar-refractivity contribution < 1.29 is 75.7 Å². The summed E-state index contributed by atoms with van der Waals surface area (Å²) in [5.41, 5.74) is -4.14. The molecule has 0 atom stereocenters. The Hall–Kier alpha value is -9.22. The van der Waals surface area contributed by atoms with Crippen molar-refractivity contribution in [1.29, 1.82) is 0 Å². The van der Waals surface area contributed by atoms with Gasteiger partial charge in [0.05, 0.1) is 22.5 Å². The number of carboxylic acids is 2. The molecular formula is C42H28F4N8O12. The van der Waals surface area contributed by atoms with Gasteiger partial charge in [-0.2, -0.15) is 0 Å². The maximum atomic E-state index is 15.4. The number of hydrogen-bond acceptors (Lipinski definition) is 12. The number of nitrogens with zero attached hydrogens (tertiary/aromatic N) is 4. The number of azo groups is 1. The molecule has 4 aromatic carbocycles. The molecule has 0 aliphatic carbocycles. The van der Waals surface area contributed by atoms with E-state index in [1.807, 2.05) is 0 Å². The quantitative estimate of drug-likeness (QED) is 0.0536. The summed E-state index contributed by atoms with van der Waals surface area (Å²) in [4.78, 5) is 122. The summed E-state index contributed by atoms with van der Waals surface area (Å²) in [6.45, 7) is -3.25. The molecule has 336 valence electrons. The Morgan fingerprint density at radius 3 is 1.11 bits per heavy atom. The highest BCUT2D eigenvalue weighted by atomic mass is 19.1. The van der Waals surface area contributed by atoms with Gasteiger partial charge in [-0.05, 0) is 70.8 Å². The Labute approximate surface area is 366 Å². The average molecular weight is 913 g/mol. The smallest absolute Gasteiger partial charge is 0.322 e. The molecule has 4 aromatic rings. The van der Waals surface area contributed by atoms with Crippen LogP contribution >= 0.6 is 0 Å². The predicted octanol–water partition coefficient (Wildman–Crippen LogP) is 3.35. The van der Waals surface area contributed by atoms with Crippen molar-refractivity contribution in [2.75, 3.05) is 36.8 Å². The second-order valence-corrected chi connectivity index (χ2v) is 13.7. The SMILES string of the molecule is O=C(O)CNC(=O)c1cc(-c2cc(F)c(N=Nc3c(F)cc(-c4ccc(NC(=O)CN5C(=O)C=CC5=O)c(C(=O)NCC(=O)O)c4)cc3F)c(F)c2)ccc1NC(=O)CN1C(=O)C=CC1=O. The van der Waals surface area contributed by atoms with Crippen LogP contribution in [0, 0.1) is 23.3 Å². The Balaban J connectivity index is 1.24. The molecule has 2 aliphatic heterocycles. The number of benzene rings is 4. The number of carboxylic acid groups (broad SMARTS) is 2. The van der Waals surface area contributed by atoms with E-state index >= 15 is 17.6 Å². The number of imide groups is 2. The van der Waals surface area contributed by atoms with E-state index in [4.69, 9.17) is 10.2 Å². The molecule has 0 saturated carbocycles. The zero-order valence-corrected chi connectivity index (χ0v) is 33.2. The Morgan fingerprint density at radius 1 is 0.485 bits per heavy atom. The number of carbonyl (C=O) groups excluding carboxylic acids is 8. The summed E-state index contributed by atoms with van der Waals surface area (Å²) in [7, 11) is 0. The molecule has 6 N–H and O–H groups in total. The van der Waals surface area contributed by atoms with E-state index < -0.39 is 131 Å². The summed E-state index contributed by atoms with van der Waals surface area (Å²) in [5.74, 6) is -15.6. The lowest BCUT2D eigenvalue weighted by molar-refractivity contribution is -0.140. The molecule has 0 fully saturated rings. The molecular weight excluding hydrogens is 884 g/mol. The van der Waals surface area contributed by atoms with Crippen LogP contribution in [0.3, 0.4) is 0 Å². The summed E-state index contributed by atoms with van der Waals surface area (Å²) < 4.78 is 61.8. The highest BCUT2D eigenvalue weighted by molar-refractivity contribution is 6.16. The van der Waals surface area contributed by atoms with Gasteiger partial charge in [-0.1, -0.05) is 12.1 Å². The number of aliphatic carboxylic acids is 2. The molecule has 2 heterocycles. The lowest BCUT2D eigenvalue weighted by Gasteiger charge is -2.16. The fourth-order valence-corrected chi connectivity index (χ4v) is 6.14. The molecule has 0 spiro atoms. The molecule has 0 bridgehead atoms. The molecule has 2 aliphatic rings. The number of rotatable bonds is 16. The molecule has 24 heteroatoms. The van der Waals surface area contributed by atoms with E-state index in [1.54, 1.807) is 0 Å². The third-order valence-corrected chi connectivity index (χ3v) is 9.23. The summed E-state index contributed by atoms with van der Waals surface area (Å²) >= 11 is 0. The van der Waals surface area contributed by atoms with Crippen LogP contribution in [0.15, 0.2) is 95.2 Å². The maximum absolute atomic E-state index is 15.4. The molecule has 66 heavy (non-hydrogen) atoms. The van der Waals surface area contributed by atoms with Gasteiger partial charge in [-0.3, -0.25) is 57.7 Å². The van der Waals surface area contributed by atoms with Crippen LogP contribution in [-0.2, 0) is 38.4 Å². The lowest BCUT2D eigenvalue weighted by atomic mass is 10.00. The first-order chi connectivity index (χ1) is 31.3. The van der Waals surface area contributed by atoms with Gasteiger partial charge in [0.1, 0.15) is 26.2 Å². The second-order valence-electron chi connectivity index (χ2n) is 13.7. The topological polar surface area (TPSA) is 290 Å². The highest BCUT2D eigenvalue weighted by Crippen LogP contribution is 2.35. The van der Waals surface area contributed by atoms with Crippen LogP contribution in [0.5, 0.6) is 0 Å². The Morgan fingerprint density at radius 2 is 0.803 bits per heavy atom. The normalized spacial score (nSPS) is 13.2. The largest absolute Gasteiger partial charge is 0.480 e.